The fraction of sp³-hybridized carbons (Fsp3) is 0.846. The maximum atomic E-state index is 11.9. The fourth-order valence-corrected chi connectivity index (χ4v) is 2.23. The van der Waals surface area contributed by atoms with Gasteiger partial charge in [-0.05, 0) is 32.6 Å². The molecule has 1 atom stereocenters. The van der Waals surface area contributed by atoms with Crippen molar-refractivity contribution >= 4 is 12.0 Å². The number of hydrogen-bond acceptors (Lipinski definition) is 3. The first-order valence-corrected chi connectivity index (χ1v) is 6.85. The molecule has 0 aromatic carbocycles. The third-order valence-electron chi connectivity index (χ3n) is 3.10. The van der Waals surface area contributed by atoms with E-state index in [9.17, 15) is 9.59 Å². The van der Waals surface area contributed by atoms with Crippen molar-refractivity contribution in [2.45, 2.75) is 39.2 Å². The van der Waals surface area contributed by atoms with Crippen LogP contribution >= 0.6 is 0 Å². The summed E-state index contributed by atoms with van der Waals surface area (Å²) in [6.45, 7) is 6.11. The van der Waals surface area contributed by atoms with Gasteiger partial charge in [-0.1, -0.05) is 0 Å². The molecule has 1 aliphatic heterocycles. The first kappa shape index (κ1) is 15.8. The molecule has 0 aromatic rings. The van der Waals surface area contributed by atoms with Crippen LogP contribution < -0.4 is 5.32 Å². The average Bonchev–Trinajstić information content (AvgIpc) is 2.33. The number of nitrogens with one attached hydrogen (secondary N) is 1. The number of nitrogens with zero attached hydrogens (tertiary/aromatic N) is 1. The molecule has 0 bridgehead atoms. The Morgan fingerprint density at radius 2 is 2.21 bits per heavy atom. The molecule has 1 saturated heterocycles. The van der Waals surface area contributed by atoms with Gasteiger partial charge in [-0.2, -0.15) is 0 Å². The van der Waals surface area contributed by atoms with Gasteiger partial charge in [-0.15, -0.1) is 0 Å². The smallest absolute Gasteiger partial charge is 0.317 e. The monoisotopic (exact) mass is 272 g/mol. The number of urea groups is 1. The maximum absolute atomic E-state index is 11.9. The number of ether oxygens (including phenoxy) is 1. The minimum absolute atomic E-state index is 0.0731. The maximum Gasteiger partial charge on any atom is 0.317 e. The van der Waals surface area contributed by atoms with Crippen molar-refractivity contribution in [2.24, 2.45) is 5.92 Å². The van der Waals surface area contributed by atoms with Gasteiger partial charge in [0.2, 0.25) is 0 Å². The van der Waals surface area contributed by atoms with E-state index in [-0.39, 0.29) is 24.5 Å². The standard InChI is InChI=1S/C13H24N2O4/c1-10(2)19-7-5-14-13(18)15-6-3-4-11(9-15)8-12(16)17/h10-11H,3-9H2,1-2H3,(H,14,18)(H,16,17). The van der Waals surface area contributed by atoms with E-state index in [0.717, 1.165) is 12.8 Å². The molecule has 1 fully saturated rings. The lowest BCUT2D eigenvalue weighted by Gasteiger charge is -2.32. The second kappa shape index (κ2) is 7.99. The summed E-state index contributed by atoms with van der Waals surface area (Å²) in [7, 11) is 0. The third-order valence-corrected chi connectivity index (χ3v) is 3.10. The molecular weight excluding hydrogens is 248 g/mol. The van der Waals surface area contributed by atoms with E-state index in [1.807, 2.05) is 13.8 Å². The second-order valence-electron chi connectivity index (χ2n) is 5.20. The molecule has 1 heterocycles. The number of carboxylic acid groups (broad SMARTS) is 1. The summed E-state index contributed by atoms with van der Waals surface area (Å²) >= 11 is 0. The molecule has 0 spiro atoms. The molecule has 2 amide bonds. The van der Waals surface area contributed by atoms with E-state index >= 15 is 0 Å². The van der Waals surface area contributed by atoms with Gasteiger partial charge in [-0.25, -0.2) is 4.79 Å². The average molecular weight is 272 g/mol. The SMILES string of the molecule is CC(C)OCCNC(=O)N1CCCC(CC(=O)O)C1. The van der Waals surface area contributed by atoms with Crippen molar-refractivity contribution < 1.29 is 19.4 Å². The van der Waals surface area contributed by atoms with E-state index in [4.69, 9.17) is 9.84 Å². The molecule has 0 saturated carbocycles. The number of aliphatic carboxylic acids is 1. The zero-order valence-corrected chi connectivity index (χ0v) is 11.7. The normalized spacial score (nSPS) is 19.5. The number of amides is 2. The second-order valence-corrected chi connectivity index (χ2v) is 5.20. The van der Waals surface area contributed by atoms with Crippen LogP contribution in [0.15, 0.2) is 0 Å². The van der Waals surface area contributed by atoms with E-state index in [0.29, 0.717) is 26.2 Å². The van der Waals surface area contributed by atoms with Crippen molar-refractivity contribution in [3.63, 3.8) is 0 Å². The van der Waals surface area contributed by atoms with Gasteiger partial charge in [-0.3, -0.25) is 4.79 Å². The first-order valence-electron chi connectivity index (χ1n) is 6.85. The van der Waals surface area contributed by atoms with Crippen LogP contribution in [0.25, 0.3) is 0 Å². The number of likely N-dealkylation sites (tertiary alicyclic amines) is 1. The lowest BCUT2D eigenvalue weighted by Crippen LogP contribution is -2.46. The summed E-state index contributed by atoms with van der Waals surface area (Å²) in [5.41, 5.74) is 0. The zero-order valence-electron chi connectivity index (χ0n) is 11.7. The van der Waals surface area contributed by atoms with Crippen molar-refractivity contribution in [1.29, 1.82) is 0 Å². The van der Waals surface area contributed by atoms with E-state index in [1.165, 1.54) is 0 Å². The van der Waals surface area contributed by atoms with Crippen LogP contribution in [0.3, 0.4) is 0 Å². The van der Waals surface area contributed by atoms with Crippen molar-refractivity contribution in [1.82, 2.24) is 10.2 Å². The molecule has 19 heavy (non-hydrogen) atoms. The molecule has 6 nitrogen and oxygen atoms in total. The van der Waals surface area contributed by atoms with Gasteiger partial charge in [0.25, 0.3) is 0 Å². The molecular formula is C13H24N2O4. The highest BCUT2D eigenvalue weighted by molar-refractivity contribution is 5.74. The molecule has 2 N–H and O–H groups in total. The number of piperidine rings is 1. The van der Waals surface area contributed by atoms with Gasteiger partial charge in [0.1, 0.15) is 0 Å². The van der Waals surface area contributed by atoms with Crippen molar-refractivity contribution in [3.05, 3.63) is 0 Å². The van der Waals surface area contributed by atoms with Gasteiger partial charge in [0.15, 0.2) is 0 Å². The topological polar surface area (TPSA) is 78.9 Å². The molecule has 6 heteroatoms. The highest BCUT2D eigenvalue weighted by atomic mass is 16.5. The number of carboxylic acids is 1. The van der Waals surface area contributed by atoms with E-state index < -0.39 is 5.97 Å². The quantitative estimate of drug-likeness (QED) is 0.714. The van der Waals surface area contributed by atoms with Crippen molar-refractivity contribution in [2.75, 3.05) is 26.2 Å². The van der Waals surface area contributed by atoms with Gasteiger partial charge < -0.3 is 20.1 Å². The Morgan fingerprint density at radius 1 is 1.47 bits per heavy atom. The third kappa shape index (κ3) is 6.42. The molecule has 0 aliphatic carbocycles. The number of rotatable bonds is 6. The summed E-state index contributed by atoms with van der Waals surface area (Å²) in [5.74, 6) is -0.721. The summed E-state index contributed by atoms with van der Waals surface area (Å²) in [5, 5.41) is 11.6. The number of carbonyl (C=O) groups is 2. The minimum Gasteiger partial charge on any atom is -0.481 e. The van der Waals surface area contributed by atoms with E-state index in [1.54, 1.807) is 4.90 Å². The first-order chi connectivity index (χ1) is 8.99. The van der Waals surface area contributed by atoms with Gasteiger partial charge in [0, 0.05) is 26.1 Å². The lowest BCUT2D eigenvalue weighted by atomic mass is 9.95. The summed E-state index contributed by atoms with van der Waals surface area (Å²) in [4.78, 5) is 24.3. The lowest BCUT2D eigenvalue weighted by molar-refractivity contribution is -0.138. The molecule has 1 aliphatic rings. The Hall–Kier alpha value is -1.30. The van der Waals surface area contributed by atoms with Crippen LogP contribution in [0.5, 0.6) is 0 Å². The van der Waals surface area contributed by atoms with E-state index in [2.05, 4.69) is 5.32 Å². The summed E-state index contributed by atoms with van der Waals surface area (Å²) in [6.07, 6.45) is 2.05. The van der Waals surface area contributed by atoms with Crippen molar-refractivity contribution in [3.8, 4) is 0 Å². The summed E-state index contributed by atoms with van der Waals surface area (Å²) in [6, 6.07) is -0.123. The van der Waals surface area contributed by atoms with Crippen LogP contribution in [-0.4, -0.2) is 54.4 Å². The Morgan fingerprint density at radius 3 is 2.84 bits per heavy atom. The minimum atomic E-state index is -0.794. The Bertz CT molecular complexity index is 307. The largest absolute Gasteiger partial charge is 0.481 e. The highest BCUT2D eigenvalue weighted by Crippen LogP contribution is 2.19. The van der Waals surface area contributed by atoms with Crippen LogP contribution in [-0.2, 0) is 9.53 Å². The fourth-order valence-electron chi connectivity index (χ4n) is 2.23. The van der Waals surface area contributed by atoms with Crippen LogP contribution in [0, 0.1) is 5.92 Å². The number of hydrogen-bond donors (Lipinski definition) is 2. The molecule has 1 unspecified atom stereocenters. The summed E-state index contributed by atoms with van der Waals surface area (Å²) < 4.78 is 5.34. The van der Waals surface area contributed by atoms with Crippen LogP contribution in [0.1, 0.15) is 33.1 Å². The van der Waals surface area contributed by atoms with Crippen LogP contribution in [0.4, 0.5) is 4.79 Å². The van der Waals surface area contributed by atoms with Crippen LogP contribution in [0.2, 0.25) is 0 Å². The Kier molecular flexibility index (Phi) is 6.62. The molecule has 0 radical (unpaired) electrons. The zero-order chi connectivity index (χ0) is 14.3. The highest BCUT2D eigenvalue weighted by Gasteiger charge is 2.24. The number of carbonyl (C=O) groups excluding carboxylic acids is 1. The Labute approximate surface area is 114 Å². The molecule has 110 valence electrons. The van der Waals surface area contributed by atoms with Gasteiger partial charge in [0.05, 0.1) is 12.7 Å². The predicted octanol–water partition coefficient (Wildman–Crippen LogP) is 1.31. The molecule has 1 rings (SSSR count). The predicted molar refractivity (Wildman–Crippen MR) is 71.0 cm³/mol. The molecule has 0 aromatic heterocycles. The Balaban J connectivity index is 2.25. The van der Waals surface area contributed by atoms with Gasteiger partial charge >= 0.3 is 12.0 Å².